The van der Waals surface area contributed by atoms with Gasteiger partial charge in [0.15, 0.2) is 0 Å². The van der Waals surface area contributed by atoms with Gasteiger partial charge in [-0.25, -0.2) is 4.99 Å². The minimum atomic E-state index is 0. The van der Waals surface area contributed by atoms with Crippen LogP contribution in [0.1, 0.15) is 25.0 Å². The molecule has 1 atom stereocenters. The normalized spacial score (nSPS) is 20.1. The third-order valence-electron chi connectivity index (χ3n) is 3.65. The van der Waals surface area contributed by atoms with Gasteiger partial charge in [-0.2, -0.15) is 11.6 Å². The van der Waals surface area contributed by atoms with Crippen molar-refractivity contribution in [1.82, 2.24) is 4.90 Å². The number of hydrogen-bond donors (Lipinski definition) is 0. The minimum Gasteiger partial charge on any atom is -1.00 e. The van der Waals surface area contributed by atoms with Crippen LogP contribution in [0.25, 0.3) is 0 Å². The van der Waals surface area contributed by atoms with E-state index in [4.69, 9.17) is 4.74 Å². The molecule has 0 N–H and O–H groups in total. The van der Waals surface area contributed by atoms with Gasteiger partial charge in [-0.3, -0.25) is 0 Å². The van der Waals surface area contributed by atoms with Gasteiger partial charge >= 0.3 is 23.1 Å². The van der Waals surface area contributed by atoms with Crippen molar-refractivity contribution in [3.63, 3.8) is 0 Å². The van der Waals surface area contributed by atoms with Crippen LogP contribution in [0.2, 0.25) is 0 Å². The molecule has 0 aliphatic carbocycles. The first-order valence-corrected chi connectivity index (χ1v) is 6.64. The zero-order valence-electron chi connectivity index (χ0n) is 12.1. The van der Waals surface area contributed by atoms with Crippen LogP contribution >= 0.6 is 0 Å². The van der Waals surface area contributed by atoms with E-state index in [0.29, 0.717) is 12.0 Å². The Morgan fingerprint density at radius 3 is 2.80 bits per heavy atom. The maximum absolute atomic E-state index is 5.73. The van der Waals surface area contributed by atoms with E-state index in [1.807, 2.05) is 0 Å². The van der Waals surface area contributed by atoms with Gasteiger partial charge in [0.05, 0.1) is 6.04 Å². The fourth-order valence-corrected chi connectivity index (χ4v) is 2.39. The first-order chi connectivity index (χ1) is 8.74. The molecule has 104 valence electrons. The van der Waals surface area contributed by atoms with Gasteiger partial charge in [0.2, 0.25) is 0 Å². The van der Waals surface area contributed by atoms with E-state index in [2.05, 4.69) is 54.6 Å². The first kappa shape index (κ1) is 17.7. The second-order valence-corrected chi connectivity index (χ2v) is 5.31. The predicted octanol–water partition coefficient (Wildman–Crippen LogP) is -0.911. The summed E-state index contributed by atoms with van der Waals surface area (Å²) in [5.41, 5.74) is 2.69. The molecular weight excluding hydrogens is 329 g/mol. The number of benzene rings is 1. The average molecular weight is 349 g/mol. The Kier molecular flexibility index (Phi) is 6.68. The van der Waals surface area contributed by atoms with Crippen molar-refractivity contribution in [2.45, 2.75) is 26.3 Å². The molecule has 0 spiro atoms. The number of nitrogens with zero attached hydrogens (tertiary/aromatic N) is 2. The van der Waals surface area contributed by atoms with Crippen molar-refractivity contribution < 1.29 is 21.7 Å². The molecular formula is C15H19BrMgN2O. The average Bonchev–Trinajstić information content (AvgIpc) is 2.88. The van der Waals surface area contributed by atoms with Gasteiger partial charge in [0, 0.05) is 6.54 Å². The summed E-state index contributed by atoms with van der Waals surface area (Å²) >= 11 is 0. The van der Waals surface area contributed by atoms with Crippen molar-refractivity contribution >= 4 is 29.1 Å². The van der Waals surface area contributed by atoms with E-state index >= 15 is 0 Å². The van der Waals surface area contributed by atoms with E-state index in [9.17, 15) is 0 Å². The summed E-state index contributed by atoms with van der Waals surface area (Å²) < 4.78 is 5.73. The zero-order valence-corrected chi connectivity index (χ0v) is 15.1. The second kappa shape index (κ2) is 7.57. The summed E-state index contributed by atoms with van der Waals surface area (Å²) in [6.45, 7) is 8.21. The minimum absolute atomic E-state index is 0. The fourth-order valence-electron chi connectivity index (χ4n) is 2.39. The summed E-state index contributed by atoms with van der Waals surface area (Å²) in [6, 6.07) is 9.62. The number of amidine groups is 1. The van der Waals surface area contributed by atoms with Gasteiger partial charge in [0.1, 0.15) is 6.61 Å². The van der Waals surface area contributed by atoms with E-state index in [0.717, 1.165) is 25.6 Å². The van der Waals surface area contributed by atoms with Crippen LogP contribution in [-0.2, 0) is 11.2 Å². The largest absolute Gasteiger partial charge is 2.00 e. The SMILES string of the molecule is CC(C)[C@H]1COC(N2CCc3ccccc3[13CH-]2)=N1.[Br-].[Mg+2]. The summed E-state index contributed by atoms with van der Waals surface area (Å²) in [7, 11) is 0. The molecule has 0 amide bonds. The maximum atomic E-state index is 5.73. The number of rotatable bonds is 1. The molecule has 0 aromatic heterocycles. The monoisotopic (exact) mass is 347 g/mol. The molecule has 3 nitrogen and oxygen atoms in total. The Labute approximate surface area is 147 Å². The van der Waals surface area contributed by atoms with Crippen molar-refractivity contribution in [3.05, 3.63) is 41.9 Å². The summed E-state index contributed by atoms with van der Waals surface area (Å²) in [4.78, 5) is 6.82. The molecule has 1 aromatic carbocycles. The standard InChI is InChI=1S/C15H19N2O.BrH.Mg/c1-11(2)14-10-18-15(16-14)17-8-7-12-5-3-4-6-13(12)9-17;;/h3-6,9,11,14H,7-8,10H2,1-2H3;1H;/q-1;;+2/p-1/t14-;;/m1../s1/i9+1;;. The Hall–Kier alpha value is -0.394. The van der Waals surface area contributed by atoms with Crippen molar-refractivity contribution in [2.24, 2.45) is 10.9 Å². The fraction of sp³-hybridized carbons (Fsp3) is 0.467. The van der Waals surface area contributed by atoms with Crippen molar-refractivity contribution in [3.8, 4) is 0 Å². The van der Waals surface area contributed by atoms with Crippen molar-refractivity contribution in [2.75, 3.05) is 13.2 Å². The Balaban J connectivity index is 0.000001000. The molecule has 5 heteroatoms. The molecule has 0 saturated heterocycles. The van der Waals surface area contributed by atoms with E-state index in [1.54, 1.807) is 0 Å². The predicted molar refractivity (Wildman–Crippen MR) is 78.0 cm³/mol. The smallest absolute Gasteiger partial charge is 1.00 e. The number of aliphatic imine (C=N–C) groups is 1. The molecule has 0 unspecified atom stereocenters. The molecule has 20 heavy (non-hydrogen) atoms. The number of hydrogen-bond acceptors (Lipinski definition) is 3. The topological polar surface area (TPSA) is 24.8 Å². The van der Waals surface area contributed by atoms with Crippen LogP contribution in [-0.4, -0.2) is 53.2 Å². The molecule has 0 fully saturated rings. The third kappa shape index (κ3) is 3.62. The van der Waals surface area contributed by atoms with Crippen LogP contribution in [0.15, 0.2) is 29.3 Å². The zero-order chi connectivity index (χ0) is 12.5. The summed E-state index contributed by atoms with van der Waals surface area (Å²) in [5.74, 6) is 0.541. The maximum Gasteiger partial charge on any atom is 2.00 e. The van der Waals surface area contributed by atoms with E-state index in [1.165, 1.54) is 11.1 Å². The van der Waals surface area contributed by atoms with Crippen LogP contribution in [0.5, 0.6) is 0 Å². The number of ether oxygens (including phenoxy) is 1. The molecule has 0 radical (unpaired) electrons. The Morgan fingerprint density at radius 1 is 1.35 bits per heavy atom. The molecule has 2 aliphatic rings. The first-order valence-electron chi connectivity index (χ1n) is 6.64. The molecule has 1 aromatic rings. The molecule has 2 heterocycles. The van der Waals surface area contributed by atoms with E-state index in [-0.39, 0.29) is 40.0 Å². The van der Waals surface area contributed by atoms with Crippen LogP contribution in [0.3, 0.4) is 0 Å². The van der Waals surface area contributed by atoms with Gasteiger partial charge in [-0.1, -0.05) is 32.9 Å². The summed E-state index contributed by atoms with van der Waals surface area (Å²) in [5, 5.41) is 0. The molecule has 0 bridgehead atoms. The molecule has 2 aliphatic heterocycles. The van der Waals surface area contributed by atoms with Gasteiger partial charge in [-0.15, -0.1) is 17.7 Å². The van der Waals surface area contributed by atoms with Gasteiger partial charge < -0.3 is 26.6 Å². The summed E-state index contributed by atoms with van der Waals surface area (Å²) in [6.07, 6.45) is 1.06. The van der Waals surface area contributed by atoms with Crippen molar-refractivity contribution in [1.29, 1.82) is 0 Å². The van der Waals surface area contributed by atoms with Gasteiger partial charge in [-0.05, 0) is 5.92 Å². The van der Waals surface area contributed by atoms with E-state index < -0.39 is 0 Å². The number of halogens is 1. The Bertz CT molecular complexity index is 479. The molecule has 3 rings (SSSR count). The van der Waals surface area contributed by atoms with Gasteiger partial charge in [0.25, 0.3) is 6.02 Å². The quantitative estimate of drug-likeness (QED) is 0.373. The Morgan fingerprint density at radius 2 is 2.10 bits per heavy atom. The third-order valence-corrected chi connectivity index (χ3v) is 3.65. The van der Waals surface area contributed by atoms with Crippen LogP contribution in [0.4, 0.5) is 0 Å². The van der Waals surface area contributed by atoms with Crippen LogP contribution < -0.4 is 17.0 Å². The molecule has 0 saturated carbocycles. The van der Waals surface area contributed by atoms with Crippen LogP contribution in [0, 0.1) is 12.5 Å². The second-order valence-electron chi connectivity index (χ2n) is 5.31. The number of fused-ring (bicyclic) bond motifs is 1.